The number of carbonyl (C=O) groups is 1. The van der Waals surface area contributed by atoms with Crippen LogP contribution in [0.4, 0.5) is 8.78 Å². The molecule has 0 bridgehead atoms. The Morgan fingerprint density at radius 2 is 2.00 bits per heavy atom. The van der Waals surface area contributed by atoms with Gasteiger partial charge in [0.15, 0.2) is 5.78 Å². The standard InChI is InChI=1S/C14H19F2NO/c1-4-7-17(10(2)3)9-14(18)12-8-11(15)5-6-13(12)16/h5-6,8,10H,4,7,9H2,1-3H3. The minimum atomic E-state index is -0.665. The van der Waals surface area contributed by atoms with Crippen molar-refractivity contribution in [3.05, 3.63) is 35.4 Å². The van der Waals surface area contributed by atoms with Crippen molar-refractivity contribution in [2.45, 2.75) is 33.2 Å². The molecule has 0 spiro atoms. The van der Waals surface area contributed by atoms with Crippen molar-refractivity contribution in [3.63, 3.8) is 0 Å². The van der Waals surface area contributed by atoms with Gasteiger partial charge in [0.05, 0.1) is 12.1 Å². The van der Waals surface area contributed by atoms with Crippen LogP contribution in [-0.2, 0) is 0 Å². The van der Waals surface area contributed by atoms with Crippen LogP contribution in [0.3, 0.4) is 0 Å². The molecule has 1 aromatic rings. The number of hydrogen-bond donors (Lipinski definition) is 0. The molecule has 0 unspecified atom stereocenters. The van der Waals surface area contributed by atoms with Gasteiger partial charge in [-0.25, -0.2) is 8.78 Å². The van der Waals surface area contributed by atoms with Crippen LogP contribution in [0.15, 0.2) is 18.2 Å². The van der Waals surface area contributed by atoms with Gasteiger partial charge in [-0.1, -0.05) is 6.92 Å². The molecule has 2 nitrogen and oxygen atoms in total. The summed E-state index contributed by atoms with van der Waals surface area (Å²) < 4.78 is 26.5. The van der Waals surface area contributed by atoms with Crippen LogP contribution in [0, 0.1) is 11.6 Å². The van der Waals surface area contributed by atoms with Crippen LogP contribution >= 0.6 is 0 Å². The van der Waals surface area contributed by atoms with Crippen LogP contribution < -0.4 is 0 Å². The lowest BCUT2D eigenvalue weighted by molar-refractivity contribution is 0.0901. The van der Waals surface area contributed by atoms with Crippen molar-refractivity contribution in [3.8, 4) is 0 Å². The van der Waals surface area contributed by atoms with E-state index in [9.17, 15) is 13.6 Å². The Kier molecular flexibility index (Phi) is 5.41. The molecule has 0 saturated carbocycles. The average molecular weight is 255 g/mol. The second kappa shape index (κ2) is 6.59. The fourth-order valence-corrected chi connectivity index (χ4v) is 1.79. The smallest absolute Gasteiger partial charge is 0.179 e. The van der Waals surface area contributed by atoms with E-state index >= 15 is 0 Å². The van der Waals surface area contributed by atoms with Gasteiger partial charge in [0.2, 0.25) is 0 Å². The second-order valence-electron chi connectivity index (χ2n) is 4.61. The number of halogens is 2. The molecular weight excluding hydrogens is 236 g/mol. The minimum absolute atomic E-state index is 0.117. The lowest BCUT2D eigenvalue weighted by atomic mass is 10.1. The molecule has 0 radical (unpaired) electrons. The summed E-state index contributed by atoms with van der Waals surface area (Å²) in [6.07, 6.45) is 0.914. The average Bonchev–Trinajstić information content (AvgIpc) is 2.31. The molecule has 1 aromatic carbocycles. The highest BCUT2D eigenvalue weighted by Gasteiger charge is 2.18. The first-order valence-electron chi connectivity index (χ1n) is 6.18. The van der Waals surface area contributed by atoms with Crippen LogP contribution in [0.5, 0.6) is 0 Å². The molecule has 4 heteroatoms. The fourth-order valence-electron chi connectivity index (χ4n) is 1.79. The van der Waals surface area contributed by atoms with Gasteiger partial charge in [-0.3, -0.25) is 9.69 Å². The van der Waals surface area contributed by atoms with Crippen LogP contribution in [0.2, 0.25) is 0 Å². The van der Waals surface area contributed by atoms with Crippen molar-refractivity contribution < 1.29 is 13.6 Å². The first-order chi connectivity index (χ1) is 8.45. The summed E-state index contributed by atoms with van der Waals surface area (Å²) in [6, 6.07) is 3.16. The molecule has 0 fully saturated rings. The highest BCUT2D eigenvalue weighted by atomic mass is 19.1. The zero-order valence-corrected chi connectivity index (χ0v) is 11.0. The maximum absolute atomic E-state index is 13.5. The van der Waals surface area contributed by atoms with Crippen molar-refractivity contribution in [2.75, 3.05) is 13.1 Å². The third-order valence-electron chi connectivity index (χ3n) is 2.82. The second-order valence-corrected chi connectivity index (χ2v) is 4.61. The topological polar surface area (TPSA) is 20.3 Å². The largest absolute Gasteiger partial charge is 0.293 e. The van der Waals surface area contributed by atoms with Crippen LogP contribution in [0.1, 0.15) is 37.6 Å². The molecule has 0 saturated heterocycles. The van der Waals surface area contributed by atoms with E-state index in [1.165, 1.54) is 0 Å². The van der Waals surface area contributed by atoms with Crippen LogP contribution in [-0.4, -0.2) is 29.8 Å². The van der Waals surface area contributed by atoms with Gasteiger partial charge >= 0.3 is 0 Å². The maximum atomic E-state index is 13.5. The van der Waals surface area contributed by atoms with Crippen molar-refractivity contribution in [2.24, 2.45) is 0 Å². The summed E-state index contributed by atoms with van der Waals surface area (Å²) in [5.41, 5.74) is -0.170. The van der Waals surface area contributed by atoms with Gasteiger partial charge in [0, 0.05) is 6.04 Å². The van der Waals surface area contributed by atoms with E-state index in [0.29, 0.717) is 0 Å². The molecule has 0 atom stereocenters. The van der Waals surface area contributed by atoms with E-state index in [4.69, 9.17) is 0 Å². The highest BCUT2D eigenvalue weighted by molar-refractivity contribution is 5.97. The highest BCUT2D eigenvalue weighted by Crippen LogP contribution is 2.12. The van der Waals surface area contributed by atoms with Gasteiger partial charge in [0.25, 0.3) is 0 Å². The summed E-state index contributed by atoms with van der Waals surface area (Å²) in [7, 11) is 0. The third-order valence-corrected chi connectivity index (χ3v) is 2.82. The lowest BCUT2D eigenvalue weighted by Gasteiger charge is -2.25. The molecule has 0 aliphatic rings. The van der Waals surface area contributed by atoms with E-state index in [-0.39, 0.29) is 23.9 Å². The summed E-state index contributed by atoms with van der Waals surface area (Å²) >= 11 is 0. The Hall–Kier alpha value is -1.29. The Morgan fingerprint density at radius 1 is 1.33 bits per heavy atom. The molecule has 0 amide bonds. The summed E-state index contributed by atoms with van der Waals surface area (Å²) in [5.74, 6) is -1.64. The Bertz CT molecular complexity index is 418. The molecule has 18 heavy (non-hydrogen) atoms. The van der Waals surface area contributed by atoms with Crippen molar-refractivity contribution in [1.29, 1.82) is 0 Å². The van der Waals surface area contributed by atoms with Crippen molar-refractivity contribution in [1.82, 2.24) is 4.90 Å². The van der Waals surface area contributed by atoms with Gasteiger partial charge in [-0.2, -0.15) is 0 Å². The molecule has 0 heterocycles. The SMILES string of the molecule is CCCN(CC(=O)c1cc(F)ccc1F)C(C)C. The molecule has 0 aromatic heterocycles. The molecule has 1 rings (SSSR count). The first kappa shape index (κ1) is 14.8. The Morgan fingerprint density at radius 3 is 2.56 bits per heavy atom. The first-order valence-corrected chi connectivity index (χ1v) is 6.18. The summed E-state index contributed by atoms with van der Waals surface area (Å²) in [6.45, 7) is 6.85. The van der Waals surface area contributed by atoms with E-state index in [1.807, 2.05) is 25.7 Å². The molecular formula is C14H19F2NO. The van der Waals surface area contributed by atoms with E-state index in [0.717, 1.165) is 31.2 Å². The lowest BCUT2D eigenvalue weighted by Crippen LogP contribution is -2.36. The van der Waals surface area contributed by atoms with Gasteiger partial charge < -0.3 is 0 Å². The van der Waals surface area contributed by atoms with Gasteiger partial charge in [-0.15, -0.1) is 0 Å². The number of benzene rings is 1. The molecule has 0 aliphatic heterocycles. The maximum Gasteiger partial charge on any atom is 0.179 e. The Labute approximate surface area is 107 Å². The van der Waals surface area contributed by atoms with E-state index in [1.54, 1.807) is 0 Å². The fraction of sp³-hybridized carbons (Fsp3) is 0.500. The number of hydrogen-bond acceptors (Lipinski definition) is 2. The summed E-state index contributed by atoms with van der Waals surface area (Å²) in [4.78, 5) is 13.9. The number of rotatable bonds is 6. The zero-order valence-electron chi connectivity index (χ0n) is 11.0. The predicted molar refractivity (Wildman–Crippen MR) is 67.7 cm³/mol. The Balaban J connectivity index is 2.83. The zero-order chi connectivity index (χ0) is 13.7. The van der Waals surface area contributed by atoms with E-state index in [2.05, 4.69) is 0 Å². The van der Waals surface area contributed by atoms with Crippen molar-refractivity contribution >= 4 is 5.78 Å². The molecule has 100 valence electrons. The van der Waals surface area contributed by atoms with Crippen LogP contribution in [0.25, 0.3) is 0 Å². The number of ketones is 1. The predicted octanol–water partition coefficient (Wildman–Crippen LogP) is 3.27. The summed E-state index contributed by atoms with van der Waals surface area (Å²) in [5, 5.41) is 0. The van der Waals surface area contributed by atoms with Gasteiger partial charge in [-0.05, 0) is 45.0 Å². The quantitative estimate of drug-likeness (QED) is 0.727. The normalized spacial score (nSPS) is 11.3. The number of carbonyl (C=O) groups excluding carboxylic acids is 1. The monoisotopic (exact) mass is 255 g/mol. The van der Waals surface area contributed by atoms with Gasteiger partial charge in [0.1, 0.15) is 11.6 Å². The minimum Gasteiger partial charge on any atom is -0.293 e. The molecule has 0 N–H and O–H groups in total. The molecule has 0 aliphatic carbocycles. The number of Topliss-reactive ketones (excluding diaryl/α,β-unsaturated/α-hetero) is 1. The van der Waals surface area contributed by atoms with E-state index < -0.39 is 11.6 Å². The third kappa shape index (κ3) is 3.88. The number of nitrogens with zero attached hydrogens (tertiary/aromatic N) is 1.